The minimum Gasteiger partial charge on any atom is -0.338 e. The van der Waals surface area contributed by atoms with Gasteiger partial charge in [-0.25, -0.2) is 4.39 Å². The number of hydrogen-bond donors (Lipinski definition) is 0. The lowest BCUT2D eigenvalue weighted by Gasteiger charge is -2.21. The summed E-state index contributed by atoms with van der Waals surface area (Å²) in [6.07, 6.45) is 1.58. The van der Waals surface area contributed by atoms with Gasteiger partial charge in [-0.1, -0.05) is 60.3 Å². The van der Waals surface area contributed by atoms with Crippen LogP contribution in [0.25, 0.3) is 0 Å². The van der Waals surface area contributed by atoms with E-state index in [1.165, 1.54) is 34.3 Å². The number of carbonyl (C=O) groups is 1. The molecule has 2 heterocycles. The van der Waals surface area contributed by atoms with Crippen LogP contribution in [0.15, 0.2) is 77.3 Å². The van der Waals surface area contributed by atoms with Crippen LogP contribution in [0.2, 0.25) is 0 Å². The molecule has 4 rings (SSSR count). The van der Waals surface area contributed by atoms with Gasteiger partial charge in [0.05, 0.1) is 5.75 Å². The Hall–Kier alpha value is -2.97. The van der Waals surface area contributed by atoms with Crippen molar-refractivity contribution in [2.75, 3.05) is 12.3 Å². The Morgan fingerprint density at radius 3 is 2.62 bits per heavy atom. The number of halogens is 1. The summed E-state index contributed by atoms with van der Waals surface area (Å²) in [5.74, 6) is 0.862. The van der Waals surface area contributed by atoms with E-state index in [1.54, 1.807) is 22.3 Å². The molecule has 8 heteroatoms. The number of carbonyl (C=O) groups excluding carboxylic acids is 1. The van der Waals surface area contributed by atoms with Crippen molar-refractivity contribution in [3.63, 3.8) is 0 Å². The molecule has 1 amide bonds. The van der Waals surface area contributed by atoms with E-state index in [1.807, 2.05) is 37.3 Å². The van der Waals surface area contributed by atoms with Gasteiger partial charge in [0.1, 0.15) is 11.6 Å². The zero-order valence-electron chi connectivity index (χ0n) is 19.1. The second-order valence-corrected chi connectivity index (χ2v) is 9.84. The molecule has 0 aliphatic rings. The second kappa shape index (κ2) is 11.9. The number of nitrogens with zero attached hydrogens (tertiary/aromatic N) is 4. The van der Waals surface area contributed by atoms with Gasteiger partial charge in [-0.2, -0.15) is 0 Å². The summed E-state index contributed by atoms with van der Waals surface area (Å²) >= 11 is 3.11. The topological polar surface area (TPSA) is 51.0 Å². The predicted molar refractivity (Wildman–Crippen MR) is 136 cm³/mol. The first-order chi connectivity index (χ1) is 16.6. The van der Waals surface area contributed by atoms with E-state index in [-0.39, 0.29) is 17.5 Å². The smallest absolute Gasteiger partial charge is 0.233 e. The fourth-order valence-electron chi connectivity index (χ4n) is 3.69. The molecule has 2 aromatic heterocycles. The zero-order chi connectivity index (χ0) is 23.8. The van der Waals surface area contributed by atoms with E-state index < -0.39 is 0 Å². The highest BCUT2D eigenvalue weighted by Crippen LogP contribution is 2.22. The number of thiophene rings is 1. The maximum absolute atomic E-state index is 13.5. The standard InChI is InChI=1S/C26H27FN4OS2/c1-2-30(18-21-10-6-11-22(27)16-21)25(32)19-34-26-29-28-24(17-23-12-7-15-33-23)31(26)14-13-20-8-4-3-5-9-20/h3-12,15-16H,2,13-14,17-19H2,1H3. The van der Waals surface area contributed by atoms with Crippen molar-refractivity contribution >= 4 is 29.0 Å². The van der Waals surface area contributed by atoms with Crippen LogP contribution in [0.5, 0.6) is 0 Å². The van der Waals surface area contributed by atoms with Crippen molar-refractivity contribution in [2.45, 2.75) is 38.0 Å². The molecule has 176 valence electrons. The minimum atomic E-state index is -0.292. The van der Waals surface area contributed by atoms with Crippen LogP contribution in [-0.2, 0) is 30.7 Å². The summed E-state index contributed by atoms with van der Waals surface area (Å²) in [4.78, 5) is 15.9. The first-order valence-electron chi connectivity index (χ1n) is 11.3. The molecule has 0 spiro atoms. The Labute approximate surface area is 207 Å². The van der Waals surface area contributed by atoms with Crippen LogP contribution in [0.3, 0.4) is 0 Å². The lowest BCUT2D eigenvalue weighted by atomic mass is 10.1. The number of aryl methyl sites for hydroxylation is 1. The summed E-state index contributed by atoms with van der Waals surface area (Å²) < 4.78 is 15.7. The molecule has 0 bridgehead atoms. The Kier molecular flexibility index (Phi) is 8.49. The molecule has 34 heavy (non-hydrogen) atoms. The van der Waals surface area contributed by atoms with Crippen molar-refractivity contribution in [1.82, 2.24) is 19.7 Å². The molecule has 0 saturated heterocycles. The molecule has 0 aliphatic heterocycles. The van der Waals surface area contributed by atoms with Crippen LogP contribution in [-0.4, -0.2) is 37.9 Å². The normalized spacial score (nSPS) is 11.0. The van der Waals surface area contributed by atoms with E-state index in [2.05, 4.69) is 38.3 Å². The largest absolute Gasteiger partial charge is 0.338 e. The van der Waals surface area contributed by atoms with Crippen molar-refractivity contribution < 1.29 is 9.18 Å². The molecular weight excluding hydrogens is 467 g/mol. The maximum atomic E-state index is 13.5. The summed E-state index contributed by atoms with van der Waals surface area (Å²) in [7, 11) is 0. The van der Waals surface area contributed by atoms with Gasteiger partial charge in [0.25, 0.3) is 0 Å². The van der Waals surface area contributed by atoms with Crippen LogP contribution < -0.4 is 0 Å². The predicted octanol–water partition coefficient (Wildman–Crippen LogP) is 5.45. The molecule has 4 aromatic rings. The number of amides is 1. The van der Waals surface area contributed by atoms with Crippen molar-refractivity contribution in [3.05, 3.63) is 99.8 Å². The zero-order valence-corrected chi connectivity index (χ0v) is 20.7. The molecular formula is C26H27FN4OS2. The summed E-state index contributed by atoms with van der Waals surface area (Å²) in [5, 5.41) is 11.7. The lowest BCUT2D eigenvalue weighted by molar-refractivity contribution is -0.128. The van der Waals surface area contributed by atoms with Gasteiger partial charge >= 0.3 is 0 Å². The van der Waals surface area contributed by atoms with E-state index in [0.29, 0.717) is 19.5 Å². The molecule has 0 saturated carbocycles. The molecule has 0 unspecified atom stereocenters. The lowest BCUT2D eigenvalue weighted by Crippen LogP contribution is -2.31. The minimum absolute atomic E-state index is 0.00539. The van der Waals surface area contributed by atoms with Gasteiger partial charge in [-0.3, -0.25) is 4.79 Å². The number of hydrogen-bond acceptors (Lipinski definition) is 5. The van der Waals surface area contributed by atoms with Gasteiger partial charge in [0.15, 0.2) is 5.16 Å². The number of benzene rings is 2. The molecule has 0 fully saturated rings. The summed E-state index contributed by atoms with van der Waals surface area (Å²) in [6.45, 7) is 3.62. The number of rotatable bonds is 11. The van der Waals surface area contributed by atoms with Crippen LogP contribution in [0, 0.1) is 5.82 Å². The van der Waals surface area contributed by atoms with Crippen molar-refractivity contribution in [3.8, 4) is 0 Å². The van der Waals surface area contributed by atoms with E-state index >= 15 is 0 Å². The average Bonchev–Trinajstić information content (AvgIpc) is 3.50. The van der Waals surface area contributed by atoms with Crippen molar-refractivity contribution in [1.29, 1.82) is 0 Å². The monoisotopic (exact) mass is 494 g/mol. The highest BCUT2D eigenvalue weighted by Gasteiger charge is 2.18. The molecule has 0 N–H and O–H groups in total. The van der Waals surface area contributed by atoms with Crippen LogP contribution in [0.1, 0.15) is 28.8 Å². The molecule has 0 radical (unpaired) electrons. The van der Waals surface area contributed by atoms with E-state index in [0.717, 1.165) is 29.5 Å². The first-order valence-corrected chi connectivity index (χ1v) is 13.1. The van der Waals surface area contributed by atoms with Crippen molar-refractivity contribution in [2.24, 2.45) is 0 Å². The van der Waals surface area contributed by atoms with Crippen LogP contribution in [0.4, 0.5) is 4.39 Å². The van der Waals surface area contributed by atoms with Gasteiger partial charge in [-0.15, -0.1) is 21.5 Å². The molecule has 2 aromatic carbocycles. The van der Waals surface area contributed by atoms with Gasteiger partial charge in [0, 0.05) is 30.9 Å². The van der Waals surface area contributed by atoms with E-state index in [9.17, 15) is 9.18 Å². The SMILES string of the molecule is CCN(Cc1cccc(F)c1)C(=O)CSc1nnc(Cc2cccs2)n1CCc1ccccc1. The summed E-state index contributed by atoms with van der Waals surface area (Å²) in [6, 6.07) is 20.9. The highest BCUT2D eigenvalue weighted by atomic mass is 32.2. The fourth-order valence-corrected chi connectivity index (χ4v) is 5.27. The third-order valence-corrected chi connectivity index (χ3v) is 7.32. The Balaban J connectivity index is 1.45. The fraction of sp³-hybridized carbons (Fsp3) is 0.269. The third-order valence-electron chi connectivity index (χ3n) is 5.49. The summed E-state index contributed by atoms with van der Waals surface area (Å²) in [5.41, 5.74) is 2.03. The maximum Gasteiger partial charge on any atom is 0.233 e. The highest BCUT2D eigenvalue weighted by molar-refractivity contribution is 7.99. The Morgan fingerprint density at radius 2 is 1.88 bits per heavy atom. The third kappa shape index (κ3) is 6.55. The van der Waals surface area contributed by atoms with Gasteiger partial charge in [-0.05, 0) is 48.1 Å². The average molecular weight is 495 g/mol. The molecule has 0 atom stereocenters. The Bertz CT molecular complexity index is 1190. The second-order valence-electron chi connectivity index (χ2n) is 7.87. The van der Waals surface area contributed by atoms with Gasteiger partial charge < -0.3 is 9.47 Å². The van der Waals surface area contributed by atoms with Gasteiger partial charge in [0.2, 0.25) is 5.91 Å². The molecule has 5 nitrogen and oxygen atoms in total. The Morgan fingerprint density at radius 1 is 1.06 bits per heavy atom. The van der Waals surface area contributed by atoms with Crippen LogP contribution >= 0.6 is 23.1 Å². The van der Waals surface area contributed by atoms with E-state index in [4.69, 9.17) is 0 Å². The number of aromatic nitrogens is 3. The quantitative estimate of drug-likeness (QED) is 0.260. The number of thioether (sulfide) groups is 1. The first kappa shape index (κ1) is 24.2. The molecule has 0 aliphatic carbocycles.